The number of aromatic nitrogens is 1. The van der Waals surface area contributed by atoms with Gasteiger partial charge in [-0.1, -0.05) is 12.1 Å². The molecule has 2 amide bonds. The average molecular weight is 338 g/mol. The van der Waals surface area contributed by atoms with Gasteiger partial charge in [-0.15, -0.1) is 0 Å². The highest BCUT2D eigenvalue weighted by Crippen LogP contribution is 2.40. The lowest BCUT2D eigenvalue weighted by Gasteiger charge is -2.60. The zero-order valence-corrected chi connectivity index (χ0v) is 14.3. The van der Waals surface area contributed by atoms with Gasteiger partial charge in [-0.25, -0.2) is 4.79 Å². The Morgan fingerprint density at radius 3 is 2.80 bits per heavy atom. The fourth-order valence-corrected chi connectivity index (χ4v) is 3.79. The summed E-state index contributed by atoms with van der Waals surface area (Å²) >= 11 is 0. The molecule has 25 heavy (non-hydrogen) atoms. The van der Waals surface area contributed by atoms with Gasteiger partial charge in [-0.2, -0.15) is 0 Å². The Labute approximate surface area is 147 Å². The summed E-state index contributed by atoms with van der Waals surface area (Å²) in [5, 5.41) is 2.89. The predicted octanol–water partition coefficient (Wildman–Crippen LogP) is 2.44. The van der Waals surface area contributed by atoms with Crippen molar-refractivity contribution in [1.29, 1.82) is 0 Å². The van der Waals surface area contributed by atoms with E-state index in [4.69, 9.17) is 4.74 Å². The van der Waals surface area contributed by atoms with Crippen LogP contribution in [0.4, 0.5) is 10.5 Å². The number of nitrogens with zero attached hydrogens (tertiary/aromatic N) is 3. The Hall–Kier alpha value is -2.60. The molecule has 2 aromatic rings. The molecule has 0 radical (unpaired) electrons. The number of carbonyl (C=O) groups excluding carboxylic acids is 1. The molecule has 1 spiro atoms. The topological polar surface area (TPSA) is 57.7 Å². The summed E-state index contributed by atoms with van der Waals surface area (Å²) in [4.78, 5) is 20.5. The maximum Gasteiger partial charge on any atom is 0.321 e. The van der Waals surface area contributed by atoms with Crippen molar-refractivity contribution in [3.8, 4) is 5.75 Å². The highest BCUT2D eigenvalue weighted by molar-refractivity contribution is 5.89. The normalized spacial score (nSPS) is 18.4. The highest BCUT2D eigenvalue weighted by Gasteiger charge is 2.52. The van der Waals surface area contributed by atoms with Crippen LogP contribution < -0.4 is 10.1 Å². The first-order chi connectivity index (χ1) is 12.2. The van der Waals surface area contributed by atoms with Crippen LogP contribution in [0.2, 0.25) is 0 Å². The molecule has 130 valence electrons. The van der Waals surface area contributed by atoms with Crippen molar-refractivity contribution in [2.45, 2.75) is 6.54 Å². The van der Waals surface area contributed by atoms with E-state index in [1.807, 2.05) is 29.2 Å². The highest BCUT2D eigenvalue weighted by atomic mass is 16.5. The van der Waals surface area contributed by atoms with Gasteiger partial charge in [0.15, 0.2) is 0 Å². The summed E-state index contributed by atoms with van der Waals surface area (Å²) in [5.74, 6) is 0.898. The molecule has 2 saturated heterocycles. The second kappa shape index (κ2) is 6.37. The molecule has 6 nitrogen and oxygen atoms in total. The molecule has 6 heteroatoms. The largest absolute Gasteiger partial charge is 0.497 e. The number of anilines is 1. The Morgan fingerprint density at radius 2 is 2.08 bits per heavy atom. The van der Waals surface area contributed by atoms with Crippen LogP contribution in [0.5, 0.6) is 5.75 Å². The van der Waals surface area contributed by atoms with Crippen LogP contribution in [0.15, 0.2) is 48.8 Å². The van der Waals surface area contributed by atoms with E-state index in [0.29, 0.717) is 0 Å². The minimum absolute atomic E-state index is 0.0372. The third-order valence-corrected chi connectivity index (χ3v) is 4.91. The van der Waals surface area contributed by atoms with Crippen LogP contribution in [0, 0.1) is 5.41 Å². The van der Waals surface area contributed by atoms with Crippen molar-refractivity contribution in [1.82, 2.24) is 14.8 Å². The fraction of sp³-hybridized carbons (Fsp3) is 0.368. The van der Waals surface area contributed by atoms with Gasteiger partial charge in [-0.05, 0) is 29.8 Å². The quantitative estimate of drug-likeness (QED) is 0.930. The maximum absolute atomic E-state index is 12.2. The molecule has 0 bridgehead atoms. The van der Waals surface area contributed by atoms with Crippen molar-refractivity contribution in [3.05, 3.63) is 54.4 Å². The molecule has 0 aliphatic carbocycles. The summed E-state index contributed by atoms with van der Waals surface area (Å²) in [6.45, 7) is 4.67. The summed E-state index contributed by atoms with van der Waals surface area (Å²) in [7, 11) is 1.69. The van der Waals surface area contributed by atoms with Crippen LogP contribution in [0.3, 0.4) is 0 Å². The number of likely N-dealkylation sites (tertiary alicyclic amines) is 2. The molecule has 0 saturated carbocycles. The lowest BCUT2D eigenvalue weighted by molar-refractivity contribution is -0.0964. The van der Waals surface area contributed by atoms with Crippen molar-refractivity contribution >= 4 is 11.7 Å². The van der Waals surface area contributed by atoms with E-state index in [2.05, 4.69) is 27.3 Å². The number of amides is 2. The summed E-state index contributed by atoms with van der Waals surface area (Å²) in [6, 6.07) is 11.8. The molecule has 1 N–H and O–H groups in total. The third-order valence-electron chi connectivity index (χ3n) is 4.91. The molecule has 1 aromatic carbocycles. The van der Waals surface area contributed by atoms with Crippen LogP contribution in [-0.4, -0.2) is 54.1 Å². The molecule has 2 aliphatic rings. The number of pyridine rings is 1. The van der Waals surface area contributed by atoms with E-state index < -0.39 is 0 Å². The first-order valence-electron chi connectivity index (χ1n) is 8.47. The number of hydrogen-bond donors (Lipinski definition) is 1. The van der Waals surface area contributed by atoms with E-state index in [1.165, 1.54) is 5.56 Å². The second-order valence-corrected chi connectivity index (χ2v) is 7.02. The molecule has 0 atom stereocenters. The van der Waals surface area contributed by atoms with Crippen molar-refractivity contribution in [2.75, 3.05) is 38.6 Å². The Bertz CT molecular complexity index is 751. The second-order valence-electron chi connectivity index (χ2n) is 7.02. The van der Waals surface area contributed by atoms with Crippen molar-refractivity contribution < 1.29 is 9.53 Å². The van der Waals surface area contributed by atoms with Gasteiger partial charge in [-0.3, -0.25) is 9.88 Å². The van der Waals surface area contributed by atoms with Gasteiger partial charge < -0.3 is 15.0 Å². The minimum atomic E-state index is -0.0372. The van der Waals surface area contributed by atoms with E-state index >= 15 is 0 Å². The van der Waals surface area contributed by atoms with Gasteiger partial charge >= 0.3 is 6.03 Å². The lowest BCUT2D eigenvalue weighted by atomic mass is 9.73. The van der Waals surface area contributed by atoms with Gasteiger partial charge in [0, 0.05) is 44.3 Å². The summed E-state index contributed by atoms with van der Waals surface area (Å²) in [5.41, 5.74) is 2.28. The summed E-state index contributed by atoms with van der Waals surface area (Å²) in [6.07, 6.45) is 3.35. The minimum Gasteiger partial charge on any atom is -0.497 e. The number of ether oxygens (including phenoxy) is 1. The number of nitrogens with one attached hydrogen (secondary N) is 1. The van der Waals surface area contributed by atoms with Gasteiger partial charge in [0.25, 0.3) is 0 Å². The van der Waals surface area contributed by atoms with Crippen molar-refractivity contribution in [3.63, 3.8) is 0 Å². The Kier molecular flexibility index (Phi) is 4.05. The standard InChI is InChI=1S/C19H22N4O2/c1-25-17-6-2-4-15(8-17)10-22-11-19(12-22)13-23(14-19)18(24)21-16-5-3-7-20-9-16/h2-9H,10-14H2,1H3,(H,21,24). The Balaban J connectivity index is 1.24. The van der Waals surface area contributed by atoms with Crippen molar-refractivity contribution in [2.24, 2.45) is 5.41 Å². The molecule has 2 fully saturated rings. The Morgan fingerprint density at radius 1 is 1.24 bits per heavy atom. The predicted molar refractivity (Wildman–Crippen MR) is 95.5 cm³/mol. The van der Waals surface area contributed by atoms with Crippen LogP contribution >= 0.6 is 0 Å². The van der Waals surface area contributed by atoms with Gasteiger partial charge in [0.2, 0.25) is 0 Å². The van der Waals surface area contributed by atoms with Gasteiger partial charge in [0.05, 0.1) is 19.0 Å². The average Bonchev–Trinajstić information content (AvgIpc) is 2.56. The number of benzene rings is 1. The number of methoxy groups -OCH3 is 1. The van der Waals surface area contributed by atoms with Crippen LogP contribution in [0.25, 0.3) is 0 Å². The summed E-state index contributed by atoms with van der Waals surface area (Å²) < 4.78 is 5.28. The number of carbonyl (C=O) groups is 1. The van der Waals surface area contributed by atoms with Crippen LogP contribution in [0.1, 0.15) is 5.56 Å². The number of hydrogen-bond acceptors (Lipinski definition) is 4. The molecule has 2 aliphatic heterocycles. The third kappa shape index (κ3) is 3.30. The van der Waals surface area contributed by atoms with Crippen LogP contribution in [-0.2, 0) is 6.54 Å². The smallest absolute Gasteiger partial charge is 0.321 e. The molecular weight excluding hydrogens is 316 g/mol. The number of urea groups is 1. The first kappa shape index (κ1) is 15.9. The monoisotopic (exact) mass is 338 g/mol. The van der Waals surface area contributed by atoms with E-state index in [9.17, 15) is 4.79 Å². The lowest BCUT2D eigenvalue weighted by Crippen LogP contribution is -2.72. The SMILES string of the molecule is COc1cccc(CN2CC3(C2)CN(C(=O)Nc2cccnc2)C3)c1. The molecule has 4 rings (SSSR count). The van der Waals surface area contributed by atoms with E-state index in [0.717, 1.165) is 44.2 Å². The maximum atomic E-state index is 12.2. The zero-order valence-electron chi connectivity index (χ0n) is 14.3. The fourth-order valence-electron chi connectivity index (χ4n) is 3.79. The molecule has 0 unspecified atom stereocenters. The van der Waals surface area contributed by atoms with E-state index in [-0.39, 0.29) is 11.4 Å². The van der Waals surface area contributed by atoms with E-state index in [1.54, 1.807) is 19.5 Å². The zero-order chi connectivity index (χ0) is 17.3. The first-order valence-corrected chi connectivity index (χ1v) is 8.47. The molecule has 3 heterocycles. The number of rotatable bonds is 4. The van der Waals surface area contributed by atoms with Gasteiger partial charge in [0.1, 0.15) is 5.75 Å². The molecular formula is C19H22N4O2. The molecule has 1 aromatic heterocycles.